The fourth-order valence-electron chi connectivity index (χ4n) is 5.70. The summed E-state index contributed by atoms with van der Waals surface area (Å²) in [7, 11) is 0. The van der Waals surface area contributed by atoms with Crippen molar-refractivity contribution >= 4 is 0 Å². The van der Waals surface area contributed by atoms with Crippen molar-refractivity contribution in [3.05, 3.63) is 0 Å². The van der Waals surface area contributed by atoms with Crippen LogP contribution in [0.25, 0.3) is 0 Å². The summed E-state index contributed by atoms with van der Waals surface area (Å²) in [6, 6.07) is 0. The maximum Gasteiger partial charge on any atom is -0.00125 e. The van der Waals surface area contributed by atoms with Gasteiger partial charge in [-0.1, -0.05) is 46.5 Å². The van der Waals surface area contributed by atoms with Crippen molar-refractivity contribution < 1.29 is 0 Å². The van der Waals surface area contributed by atoms with Crippen LogP contribution in [0, 0.1) is 28.6 Å². The van der Waals surface area contributed by atoms with Gasteiger partial charge in [0, 0.05) is 0 Å². The molecule has 1 aliphatic heterocycles. The van der Waals surface area contributed by atoms with Gasteiger partial charge >= 0.3 is 0 Å². The molecule has 2 aliphatic carbocycles. The molecule has 0 bridgehead atoms. The fraction of sp³-hybridized carbons (Fsp3) is 1.00. The molecule has 3 aliphatic rings. The van der Waals surface area contributed by atoms with E-state index in [1.165, 1.54) is 70.9 Å². The maximum atomic E-state index is 3.72. The van der Waals surface area contributed by atoms with Crippen molar-refractivity contribution in [3.8, 4) is 0 Å². The molecule has 0 aromatic heterocycles. The first-order chi connectivity index (χ1) is 9.51. The first-order valence-corrected chi connectivity index (χ1v) is 9.22. The molecule has 0 aromatic carbocycles. The second-order valence-corrected chi connectivity index (χ2v) is 9.11. The van der Waals surface area contributed by atoms with Crippen molar-refractivity contribution in [2.45, 2.75) is 78.6 Å². The minimum absolute atomic E-state index is 0.525. The molecule has 3 rings (SSSR count). The standard InChI is InChI=1S/C19H35N/c1-18(2,3)16-8-10-19(11-9-16)12-13-20-14-17(19)15-6-4-5-7-15/h15-17,20H,4-14H2,1-3H3. The lowest BCUT2D eigenvalue weighted by atomic mass is 9.55. The highest BCUT2D eigenvalue weighted by Gasteiger charge is 2.47. The van der Waals surface area contributed by atoms with Crippen LogP contribution in [0.4, 0.5) is 0 Å². The third-order valence-electron chi connectivity index (χ3n) is 7.13. The number of rotatable bonds is 1. The lowest BCUT2D eigenvalue weighted by molar-refractivity contribution is -0.00923. The minimum atomic E-state index is 0.525. The molecule has 20 heavy (non-hydrogen) atoms. The second kappa shape index (κ2) is 5.63. The first-order valence-electron chi connectivity index (χ1n) is 9.22. The van der Waals surface area contributed by atoms with Crippen molar-refractivity contribution in [2.24, 2.45) is 28.6 Å². The lowest BCUT2D eigenvalue weighted by Gasteiger charge is -2.52. The van der Waals surface area contributed by atoms with Crippen LogP contribution in [0.5, 0.6) is 0 Å². The molecule has 1 atom stereocenters. The Morgan fingerprint density at radius 1 is 0.900 bits per heavy atom. The summed E-state index contributed by atoms with van der Waals surface area (Å²) in [6.07, 6.45) is 13.6. The predicted octanol–water partition coefficient (Wildman–Crippen LogP) is 5.01. The van der Waals surface area contributed by atoms with Crippen LogP contribution in [0.3, 0.4) is 0 Å². The topological polar surface area (TPSA) is 12.0 Å². The Balaban J connectivity index is 1.70. The monoisotopic (exact) mass is 277 g/mol. The van der Waals surface area contributed by atoms with E-state index in [4.69, 9.17) is 0 Å². The van der Waals surface area contributed by atoms with Crippen LogP contribution < -0.4 is 5.32 Å². The Kier molecular flexibility index (Phi) is 4.19. The molecule has 1 heteroatoms. The molecular formula is C19H35N. The lowest BCUT2D eigenvalue weighted by Crippen LogP contribution is -2.50. The van der Waals surface area contributed by atoms with Gasteiger partial charge in [-0.3, -0.25) is 0 Å². The zero-order chi connectivity index (χ0) is 14.2. The van der Waals surface area contributed by atoms with Crippen LogP contribution in [0.2, 0.25) is 0 Å². The van der Waals surface area contributed by atoms with Crippen LogP contribution in [0.15, 0.2) is 0 Å². The van der Waals surface area contributed by atoms with Gasteiger partial charge in [0.2, 0.25) is 0 Å². The molecule has 1 N–H and O–H groups in total. The minimum Gasteiger partial charge on any atom is -0.316 e. The normalized spacial score (nSPS) is 40.4. The average molecular weight is 277 g/mol. The van der Waals surface area contributed by atoms with Crippen LogP contribution >= 0.6 is 0 Å². The molecule has 1 unspecified atom stereocenters. The highest BCUT2D eigenvalue weighted by molar-refractivity contribution is 4.99. The number of piperidine rings is 1. The van der Waals surface area contributed by atoms with E-state index in [2.05, 4.69) is 26.1 Å². The largest absolute Gasteiger partial charge is 0.316 e. The third kappa shape index (κ3) is 2.80. The molecule has 3 fully saturated rings. The van der Waals surface area contributed by atoms with Crippen molar-refractivity contribution in [1.29, 1.82) is 0 Å². The van der Waals surface area contributed by atoms with E-state index in [0.717, 1.165) is 23.2 Å². The second-order valence-electron chi connectivity index (χ2n) is 9.11. The van der Waals surface area contributed by atoms with E-state index >= 15 is 0 Å². The highest BCUT2D eigenvalue weighted by Crippen LogP contribution is 2.55. The molecular weight excluding hydrogens is 242 g/mol. The third-order valence-corrected chi connectivity index (χ3v) is 7.13. The summed E-state index contributed by atoms with van der Waals surface area (Å²) < 4.78 is 0. The van der Waals surface area contributed by atoms with Crippen LogP contribution in [-0.2, 0) is 0 Å². The van der Waals surface area contributed by atoms with E-state index in [1.807, 2.05) is 0 Å². The van der Waals surface area contributed by atoms with Gasteiger partial charge in [-0.2, -0.15) is 0 Å². The summed E-state index contributed by atoms with van der Waals surface area (Å²) in [5, 5.41) is 3.72. The molecule has 0 aromatic rings. The Morgan fingerprint density at radius 3 is 2.15 bits per heavy atom. The van der Waals surface area contributed by atoms with Gasteiger partial charge in [-0.25, -0.2) is 0 Å². The van der Waals surface area contributed by atoms with Gasteiger partial charge in [0.1, 0.15) is 0 Å². The SMILES string of the molecule is CC(C)(C)C1CCC2(CCNCC2C2CCCC2)CC1. The van der Waals surface area contributed by atoms with Crippen LogP contribution in [-0.4, -0.2) is 13.1 Å². The summed E-state index contributed by atoms with van der Waals surface area (Å²) in [4.78, 5) is 0. The average Bonchev–Trinajstić information content (AvgIpc) is 2.92. The van der Waals surface area contributed by atoms with Gasteiger partial charge in [0.15, 0.2) is 0 Å². The number of nitrogens with one attached hydrogen (secondary N) is 1. The van der Waals surface area contributed by atoms with Gasteiger partial charge in [-0.05, 0) is 73.8 Å². The number of hydrogen-bond donors (Lipinski definition) is 1. The molecule has 0 amide bonds. The summed E-state index contributed by atoms with van der Waals surface area (Å²) in [6.45, 7) is 9.96. The smallest absolute Gasteiger partial charge is 0.00125 e. The van der Waals surface area contributed by atoms with Gasteiger partial charge < -0.3 is 5.32 Å². The van der Waals surface area contributed by atoms with E-state index in [1.54, 1.807) is 0 Å². The molecule has 0 radical (unpaired) electrons. The summed E-state index contributed by atoms with van der Waals surface area (Å²) in [5.41, 5.74) is 1.25. The molecule has 1 heterocycles. The van der Waals surface area contributed by atoms with E-state index < -0.39 is 0 Å². The maximum absolute atomic E-state index is 3.72. The van der Waals surface area contributed by atoms with E-state index in [9.17, 15) is 0 Å². The Morgan fingerprint density at radius 2 is 1.55 bits per heavy atom. The van der Waals surface area contributed by atoms with Gasteiger partial charge in [0.25, 0.3) is 0 Å². The molecule has 1 nitrogen and oxygen atoms in total. The van der Waals surface area contributed by atoms with E-state index in [0.29, 0.717) is 5.41 Å². The molecule has 1 saturated heterocycles. The quantitative estimate of drug-likeness (QED) is 0.710. The Hall–Kier alpha value is -0.0400. The van der Waals surface area contributed by atoms with Crippen molar-refractivity contribution in [2.75, 3.05) is 13.1 Å². The fourth-order valence-corrected chi connectivity index (χ4v) is 5.70. The van der Waals surface area contributed by atoms with Gasteiger partial charge in [-0.15, -0.1) is 0 Å². The first kappa shape index (κ1) is 14.9. The van der Waals surface area contributed by atoms with Crippen molar-refractivity contribution in [3.63, 3.8) is 0 Å². The van der Waals surface area contributed by atoms with Crippen molar-refractivity contribution in [1.82, 2.24) is 5.32 Å². The Labute approximate surface area is 126 Å². The van der Waals surface area contributed by atoms with Gasteiger partial charge in [0.05, 0.1) is 0 Å². The molecule has 2 saturated carbocycles. The molecule has 116 valence electrons. The van der Waals surface area contributed by atoms with E-state index in [-0.39, 0.29) is 0 Å². The summed E-state index contributed by atoms with van der Waals surface area (Å²) >= 11 is 0. The molecule has 1 spiro atoms. The zero-order valence-electron chi connectivity index (χ0n) is 14.0. The summed E-state index contributed by atoms with van der Waals surface area (Å²) in [5.74, 6) is 3.01. The zero-order valence-corrected chi connectivity index (χ0v) is 14.0. The highest BCUT2D eigenvalue weighted by atomic mass is 14.9. The predicted molar refractivity (Wildman–Crippen MR) is 86.8 cm³/mol. The van der Waals surface area contributed by atoms with Crippen LogP contribution in [0.1, 0.15) is 78.6 Å². The Bertz CT molecular complexity index is 313. The number of hydrogen-bond acceptors (Lipinski definition) is 1.